The van der Waals surface area contributed by atoms with Crippen molar-refractivity contribution in [1.82, 2.24) is 14.8 Å². The standard InChI is InChI=1S/C21H27N3O/c1-25-19-8-11-24(15-19)16-21-20-9-12-23(14-18(20)7-10-22-21)13-17-5-3-2-4-6-17/h2-7,10,19H,8-9,11-16H2,1H3/t19-/m0/s1. The van der Waals surface area contributed by atoms with Gasteiger partial charge in [-0.15, -0.1) is 0 Å². The minimum Gasteiger partial charge on any atom is -0.380 e. The molecule has 0 spiro atoms. The molecule has 0 radical (unpaired) electrons. The number of hydrogen-bond donors (Lipinski definition) is 0. The summed E-state index contributed by atoms with van der Waals surface area (Å²) in [5.74, 6) is 0. The number of ether oxygens (including phenoxy) is 1. The van der Waals surface area contributed by atoms with Gasteiger partial charge in [-0.05, 0) is 35.6 Å². The highest BCUT2D eigenvalue weighted by molar-refractivity contribution is 5.32. The molecule has 25 heavy (non-hydrogen) atoms. The fourth-order valence-corrected chi connectivity index (χ4v) is 4.08. The van der Waals surface area contributed by atoms with E-state index in [4.69, 9.17) is 9.72 Å². The van der Waals surface area contributed by atoms with Gasteiger partial charge >= 0.3 is 0 Å². The van der Waals surface area contributed by atoms with E-state index in [0.29, 0.717) is 6.10 Å². The molecule has 2 aromatic rings. The number of likely N-dealkylation sites (tertiary alicyclic amines) is 1. The number of aromatic nitrogens is 1. The zero-order chi connectivity index (χ0) is 17.1. The summed E-state index contributed by atoms with van der Waals surface area (Å²) in [7, 11) is 1.82. The largest absolute Gasteiger partial charge is 0.380 e. The van der Waals surface area contributed by atoms with Crippen LogP contribution in [0.5, 0.6) is 0 Å². The number of benzene rings is 1. The second-order valence-electron chi connectivity index (χ2n) is 7.22. The molecular formula is C21H27N3O. The van der Waals surface area contributed by atoms with E-state index in [9.17, 15) is 0 Å². The lowest BCUT2D eigenvalue weighted by atomic mass is 9.98. The Morgan fingerprint density at radius 3 is 2.76 bits per heavy atom. The molecular weight excluding hydrogens is 310 g/mol. The van der Waals surface area contributed by atoms with Crippen LogP contribution in [0.4, 0.5) is 0 Å². The Kier molecular flexibility index (Phi) is 5.11. The third-order valence-corrected chi connectivity index (χ3v) is 5.50. The van der Waals surface area contributed by atoms with Crippen molar-refractivity contribution in [1.29, 1.82) is 0 Å². The van der Waals surface area contributed by atoms with Crippen molar-refractivity contribution in [2.45, 2.75) is 38.6 Å². The van der Waals surface area contributed by atoms with E-state index in [1.807, 2.05) is 13.3 Å². The van der Waals surface area contributed by atoms with Gasteiger partial charge in [0.2, 0.25) is 0 Å². The van der Waals surface area contributed by atoms with Crippen LogP contribution < -0.4 is 0 Å². The Morgan fingerprint density at radius 2 is 1.96 bits per heavy atom. The molecule has 1 aromatic heterocycles. The van der Waals surface area contributed by atoms with Crippen molar-refractivity contribution >= 4 is 0 Å². The van der Waals surface area contributed by atoms with Crippen molar-refractivity contribution in [2.75, 3.05) is 26.7 Å². The summed E-state index contributed by atoms with van der Waals surface area (Å²) in [6.45, 7) is 6.27. The van der Waals surface area contributed by atoms with E-state index >= 15 is 0 Å². The van der Waals surface area contributed by atoms with E-state index in [-0.39, 0.29) is 0 Å². The zero-order valence-corrected chi connectivity index (χ0v) is 15.0. The second kappa shape index (κ2) is 7.65. The molecule has 0 amide bonds. The van der Waals surface area contributed by atoms with Gasteiger partial charge in [0.05, 0.1) is 11.8 Å². The lowest BCUT2D eigenvalue weighted by molar-refractivity contribution is 0.107. The minimum absolute atomic E-state index is 0.390. The maximum Gasteiger partial charge on any atom is 0.0710 e. The molecule has 2 aliphatic heterocycles. The maximum atomic E-state index is 5.49. The van der Waals surface area contributed by atoms with Gasteiger partial charge < -0.3 is 4.74 Å². The molecule has 4 heteroatoms. The monoisotopic (exact) mass is 337 g/mol. The molecule has 1 aromatic carbocycles. The first-order valence-corrected chi connectivity index (χ1v) is 9.29. The van der Waals surface area contributed by atoms with Crippen molar-refractivity contribution in [2.24, 2.45) is 0 Å². The average molecular weight is 337 g/mol. The molecule has 2 aliphatic rings. The summed E-state index contributed by atoms with van der Waals surface area (Å²) < 4.78 is 5.49. The fraction of sp³-hybridized carbons (Fsp3) is 0.476. The number of fused-ring (bicyclic) bond motifs is 1. The van der Waals surface area contributed by atoms with E-state index in [1.54, 1.807) is 0 Å². The van der Waals surface area contributed by atoms with E-state index in [1.165, 1.54) is 22.4 Å². The topological polar surface area (TPSA) is 28.6 Å². The van der Waals surface area contributed by atoms with Gasteiger partial charge in [0.1, 0.15) is 0 Å². The van der Waals surface area contributed by atoms with Crippen molar-refractivity contribution < 1.29 is 4.74 Å². The van der Waals surface area contributed by atoms with Gasteiger partial charge in [0, 0.05) is 52.6 Å². The van der Waals surface area contributed by atoms with Crippen LogP contribution >= 0.6 is 0 Å². The number of hydrogen-bond acceptors (Lipinski definition) is 4. The normalized spacial score (nSPS) is 21.4. The fourth-order valence-electron chi connectivity index (χ4n) is 4.08. The predicted molar refractivity (Wildman–Crippen MR) is 99.2 cm³/mol. The second-order valence-corrected chi connectivity index (χ2v) is 7.22. The lowest BCUT2D eigenvalue weighted by Crippen LogP contribution is -2.32. The summed E-state index contributed by atoms with van der Waals surface area (Å²) in [5, 5.41) is 0. The van der Waals surface area contributed by atoms with Crippen LogP contribution in [0, 0.1) is 0 Å². The first kappa shape index (κ1) is 16.7. The summed E-state index contributed by atoms with van der Waals surface area (Å²) in [6.07, 6.45) is 4.62. The number of rotatable bonds is 5. The Labute approximate surface area is 150 Å². The summed E-state index contributed by atoms with van der Waals surface area (Å²) >= 11 is 0. The van der Waals surface area contributed by atoms with Crippen molar-refractivity contribution in [3.8, 4) is 0 Å². The van der Waals surface area contributed by atoms with E-state index in [2.05, 4.69) is 46.2 Å². The molecule has 0 bridgehead atoms. The van der Waals surface area contributed by atoms with E-state index in [0.717, 1.165) is 52.1 Å². The molecule has 1 fully saturated rings. The summed E-state index contributed by atoms with van der Waals surface area (Å²) in [4.78, 5) is 9.73. The molecule has 3 heterocycles. The van der Waals surface area contributed by atoms with Gasteiger partial charge in [-0.3, -0.25) is 14.8 Å². The SMILES string of the molecule is CO[C@H]1CCN(Cc2nccc3c2CCN(Cc2ccccc2)C3)C1. The summed E-state index contributed by atoms with van der Waals surface area (Å²) in [5.41, 5.74) is 5.60. The Hall–Kier alpha value is -1.75. The van der Waals surface area contributed by atoms with Crippen LogP contribution in [0.1, 0.15) is 28.8 Å². The van der Waals surface area contributed by atoms with Gasteiger partial charge in [0.25, 0.3) is 0 Å². The molecule has 132 valence electrons. The van der Waals surface area contributed by atoms with Crippen LogP contribution in [-0.2, 0) is 30.8 Å². The highest BCUT2D eigenvalue weighted by Crippen LogP contribution is 2.24. The van der Waals surface area contributed by atoms with Crippen LogP contribution in [0.3, 0.4) is 0 Å². The van der Waals surface area contributed by atoms with Crippen LogP contribution in [0.25, 0.3) is 0 Å². The molecule has 0 aliphatic carbocycles. The highest BCUT2D eigenvalue weighted by atomic mass is 16.5. The molecule has 0 N–H and O–H groups in total. The third kappa shape index (κ3) is 3.92. The zero-order valence-electron chi connectivity index (χ0n) is 15.0. The van der Waals surface area contributed by atoms with Crippen LogP contribution in [-0.4, -0.2) is 47.6 Å². The quantitative estimate of drug-likeness (QED) is 0.839. The minimum atomic E-state index is 0.390. The van der Waals surface area contributed by atoms with Crippen LogP contribution in [0.2, 0.25) is 0 Å². The Balaban J connectivity index is 1.43. The first-order chi connectivity index (χ1) is 12.3. The number of pyridine rings is 1. The molecule has 1 saturated heterocycles. The van der Waals surface area contributed by atoms with Gasteiger partial charge in [0.15, 0.2) is 0 Å². The van der Waals surface area contributed by atoms with Gasteiger partial charge in [-0.25, -0.2) is 0 Å². The average Bonchev–Trinajstić information content (AvgIpc) is 3.10. The van der Waals surface area contributed by atoms with Crippen molar-refractivity contribution in [3.05, 3.63) is 65.0 Å². The smallest absolute Gasteiger partial charge is 0.0710 e. The summed E-state index contributed by atoms with van der Waals surface area (Å²) in [6, 6.07) is 13.0. The lowest BCUT2D eigenvalue weighted by Gasteiger charge is -2.30. The number of methoxy groups -OCH3 is 1. The maximum absolute atomic E-state index is 5.49. The Morgan fingerprint density at radius 1 is 1.08 bits per heavy atom. The molecule has 0 unspecified atom stereocenters. The molecule has 4 rings (SSSR count). The van der Waals surface area contributed by atoms with E-state index < -0.39 is 0 Å². The van der Waals surface area contributed by atoms with Gasteiger partial charge in [-0.2, -0.15) is 0 Å². The van der Waals surface area contributed by atoms with Crippen LogP contribution in [0.15, 0.2) is 42.6 Å². The highest BCUT2D eigenvalue weighted by Gasteiger charge is 2.25. The molecule has 0 saturated carbocycles. The van der Waals surface area contributed by atoms with Crippen molar-refractivity contribution in [3.63, 3.8) is 0 Å². The molecule has 4 nitrogen and oxygen atoms in total. The van der Waals surface area contributed by atoms with Gasteiger partial charge in [-0.1, -0.05) is 30.3 Å². The number of nitrogens with zero attached hydrogens (tertiary/aromatic N) is 3. The predicted octanol–water partition coefficient (Wildman–Crippen LogP) is 2.86. The molecule has 1 atom stereocenters. The third-order valence-electron chi connectivity index (χ3n) is 5.50. The first-order valence-electron chi connectivity index (χ1n) is 9.29. The Bertz CT molecular complexity index is 704.